The van der Waals surface area contributed by atoms with Crippen LogP contribution in [-0.2, 0) is 9.13 Å². The van der Waals surface area contributed by atoms with Crippen molar-refractivity contribution < 1.29 is 9.13 Å². The van der Waals surface area contributed by atoms with Crippen molar-refractivity contribution in [3.8, 4) is 22.3 Å². The molecule has 0 radical (unpaired) electrons. The van der Waals surface area contributed by atoms with E-state index in [1.165, 1.54) is 5.39 Å². The molecule has 0 aliphatic heterocycles. The first-order chi connectivity index (χ1) is 39.9. The third-order valence-corrected chi connectivity index (χ3v) is 22.9. The highest BCUT2D eigenvalue weighted by Gasteiger charge is 2.33. The Hall–Kier alpha value is -9.69. The number of fused-ring (bicyclic) bond motifs is 8. The zero-order valence-corrected chi connectivity index (χ0v) is 45.7. The molecular weight excluding hydrogens is 1020 g/mol. The summed E-state index contributed by atoms with van der Waals surface area (Å²) in [5.74, 6) is 1.88. The molecule has 14 aromatic carbocycles. The summed E-state index contributed by atoms with van der Waals surface area (Å²) in [6.45, 7) is 3.83. The van der Waals surface area contributed by atoms with E-state index in [4.69, 9.17) is 4.98 Å². The number of pyridine rings is 1. The SMILES string of the molecule is C=C/C=C\C=C\[P@@](=O)(c1ccccc1)c1ccc2ccc3c(-c4ccc5c(c4)c4ccc(-c6ccc7ccc8c(P(=O)(c9ccccc9)c9ccccc9)ccc9ccc6c7c98)cc4c4nc6ccccc6n54)ccc4ccc1c2c43. The third kappa shape index (κ3) is 7.01. The molecule has 0 saturated heterocycles. The average Bonchev–Trinajstić information content (AvgIpc) is 4.16. The highest BCUT2D eigenvalue weighted by molar-refractivity contribution is 7.85. The smallest absolute Gasteiger partial charge is 0.171 e. The molecule has 16 rings (SSSR count). The molecule has 0 aliphatic rings. The third-order valence-electron chi connectivity index (χ3n) is 17.0. The van der Waals surface area contributed by atoms with Crippen molar-refractivity contribution in [3.63, 3.8) is 0 Å². The van der Waals surface area contributed by atoms with Gasteiger partial charge in [0.1, 0.15) is 5.65 Å². The molecule has 0 aliphatic carbocycles. The number of hydrogen-bond acceptors (Lipinski definition) is 3. The second-order valence-corrected chi connectivity index (χ2v) is 26.6. The van der Waals surface area contributed by atoms with Crippen molar-refractivity contribution in [2.45, 2.75) is 0 Å². The summed E-state index contributed by atoms with van der Waals surface area (Å²) in [7, 11) is -6.52. The quantitative estimate of drug-likeness (QED) is 0.0779. The van der Waals surface area contributed by atoms with Crippen LogP contribution < -0.4 is 26.5 Å². The molecule has 4 nitrogen and oxygen atoms in total. The lowest BCUT2D eigenvalue weighted by atomic mass is 9.88. The molecule has 0 fully saturated rings. The Labute approximate surface area is 467 Å². The van der Waals surface area contributed by atoms with Gasteiger partial charge in [-0.3, -0.25) is 4.40 Å². The van der Waals surface area contributed by atoms with Crippen LogP contribution in [0.3, 0.4) is 0 Å². The number of aromatic nitrogens is 2. The van der Waals surface area contributed by atoms with Gasteiger partial charge in [0.25, 0.3) is 0 Å². The molecule has 81 heavy (non-hydrogen) atoms. The van der Waals surface area contributed by atoms with Crippen LogP contribution >= 0.6 is 14.3 Å². The van der Waals surface area contributed by atoms with Crippen molar-refractivity contribution in [3.05, 3.63) is 285 Å². The van der Waals surface area contributed by atoms with Crippen LogP contribution in [0.5, 0.6) is 0 Å². The second kappa shape index (κ2) is 18.2. The second-order valence-electron chi connectivity index (χ2n) is 21.2. The van der Waals surface area contributed by atoms with E-state index in [0.29, 0.717) is 0 Å². The standard InChI is InChI=1S/C75H48N2O2P2/c1-2-3-4-16-45-80(78,54-17-8-5-9-18-54)69-43-33-50-27-38-61-58(36-26-48-29-40-62(69)73(50)71(48)61)53-32-42-67-64(46-53)59-37-31-52(47-65(59)75-76-66-23-14-15-24-68(66)77(67)75)57-35-25-49-30-41-63-70(44-34-51-28-39-60(57)72(49)74(51)63)81(79,55-19-10-6-11-20-55)56-21-12-7-13-22-56/h2-47H,1H2/b4-3-,45-16+/t80-/m1/s1. The van der Waals surface area contributed by atoms with E-state index in [1.54, 1.807) is 6.08 Å². The number of nitrogens with zero attached hydrogens (tertiary/aromatic N) is 2. The van der Waals surface area contributed by atoms with Crippen LogP contribution in [0.2, 0.25) is 0 Å². The first-order valence-electron chi connectivity index (χ1n) is 27.4. The van der Waals surface area contributed by atoms with E-state index in [9.17, 15) is 0 Å². The number of allylic oxidation sites excluding steroid dienone is 4. The number of hydrogen-bond donors (Lipinski definition) is 0. The molecule has 1 atom stereocenters. The van der Waals surface area contributed by atoms with E-state index in [2.05, 4.69) is 169 Å². The van der Waals surface area contributed by atoms with E-state index in [-0.39, 0.29) is 0 Å². The number of rotatable bonds is 10. The van der Waals surface area contributed by atoms with Crippen molar-refractivity contribution >= 4 is 144 Å². The van der Waals surface area contributed by atoms with Gasteiger partial charge in [0.15, 0.2) is 14.3 Å². The van der Waals surface area contributed by atoms with Gasteiger partial charge in [-0.1, -0.05) is 237 Å². The fourth-order valence-electron chi connectivity index (χ4n) is 13.3. The van der Waals surface area contributed by atoms with E-state index < -0.39 is 14.3 Å². The molecule has 380 valence electrons. The van der Waals surface area contributed by atoms with Gasteiger partial charge in [0, 0.05) is 37.3 Å². The van der Waals surface area contributed by atoms with Crippen LogP contribution in [0, 0.1) is 0 Å². The lowest BCUT2D eigenvalue weighted by Gasteiger charge is -2.23. The number of benzene rings is 14. The highest BCUT2D eigenvalue weighted by atomic mass is 31.2. The Morgan fingerprint density at radius 1 is 0.370 bits per heavy atom. The minimum atomic E-state index is -3.29. The van der Waals surface area contributed by atoms with Crippen LogP contribution in [-0.4, -0.2) is 9.38 Å². The minimum absolute atomic E-state index is 0.793. The maximum Gasteiger partial charge on any atom is 0.171 e. The van der Waals surface area contributed by atoms with Crippen molar-refractivity contribution in [2.24, 2.45) is 0 Å². The Morgan fingerprint density at radius 2 is 0.840 bits per heavy atom. The Bertz CT molecular complexity index is 5390. The van der Waals surface area contributed by atoms with Crippen molar-refractivity contribution in [1.29, 1.82) is 0 Å². The predicted molar refractivity (Wildman–Crippen MR) is 347 cm³/mol. The molecule has 0 unspecified atom stereocenters. The summed E-state index contributed by atoms with van der Waals surface area (Å²) in [4.78, 5) is 5.38. The summed E-state index contributed by atoms with van der Waals surface area (Å²) in [6.07, 6.45) is 7.36. The molecular formula is C75H48N2O2P2. The van der Waals surface area contributed by atoms with Crippen molar-refractivity contribution in [1.82, 2.24) is 9.38 Å². The Kier molecular flexibility index (Phi) is 10.6. The van der Waals surface area contributed by atoms with Gasteiger partial charge in [-0.15, -0.1) is 0 Å². The van der Waals surface area contributed by atoms with E-state index in [1.807, 2.05) is 115 Å². The zero-order chi connectivity index (χ0) is 54.0. The van der Waals surface area contributed by atoms with Gasteiger partial charge in [-0.05, 0) is 141 Å². The minimum Gasteiger partial charge on any atom is -0.309 e. The number of imidazole rings is 1. The molecule has 6 heteroatoms. The lowest BCUT2D eigenvalue weighted by Crippen LogP contribution is -2.25. The molecule has 0 amide bonds. The topological polar surface area (TPSA) is 51.4 Å². The molecule has 0 bridgehead atoms. The summed E-state index contributed by atoms with van der Waals surface area (Å²) in [6, 6.07) is 87.2. The summed E-state index contributed by atoms with van der Waals surface area (Å²) < 4.78 is 33.9. The zero-order valence-electron chi connectivity index (χ0n) is 43.9. The van der Waals surface area contributed by atoms with Gasteiger partial charge in [-0.2, -0.15) is 0 Å². The molecule has 16 aromatic rings. The van der Waals surface area contributed by atoms with Gasteiger partial charge in [0.2, 0.25) is 0 Å². The Balaban J connectivity index is 0.889. The van der Waals surface area contributed by atoms with Gasteiger partial charge in [-0.25, -0.2) is 4.98 Å². The molecule has 0 spiro atoms. The lowest BCUT2D eigenvalue weighted by molar-refractivity contribution is 0.591. The highest BCUT2D eigenvalue weighted by Crippen LogP contribution is 2.51. The van der Waals surface area contributed by atoms with Gasteiger partial charge in [0.05, 0.1) is 16.6 Å². The maximum absolute atomic E-state index is 16.0. The van der Waals surface area contributed by atoms with Crippen LogP contribution in [0.15, 0.2) is 285 Å². The van der Waals surface area contributed by atoms with Gasteiger partial charge < -0.3 is 9.13 Å². The van der Waals surface area contributed by atoms with Gasteiger partial charge >= 0.3 is 0 Å². The monoisotopic (exact) mass is 1070 g/mol. The molecule has 2 aromatic heterocycles. The van der Waals surface area contributed by atoms with Crippen LogP contribution in [0.4, 0.5) is 0 Å². The normalized spacial score (nSPS) is 13.3. The fraction of sp³-hybridized carbons (Fsp3) is 0. The first kappa shape index (κ1) is 47.3. The van der Waals surface area contributed by atoms with E-state index in [0.717, 1.165) is 146 Å². The van der Waals surface area contributed by atoms with Crippen LogP contribution in [0.1, 0.15) is 0 Å². The summed E-state index contributed by atoms with van der Waals surface area (Å²) in [5.41, 5.74) is 8.44. The number of para-hydroxylation sites is 2. The predicted octanol–water partition coefficient (Wildman–Crippen LogP) is 18.1. The molecule has 0 N–H and O–H groups in total. The van der Waals surface area contributed by atoms with Crippen LogP contribution in [0.25, 0.3) is 125 Å². The fourth-order valence-corrected chi connectivity index (χ4v) is 18.6. The average molecular weight is 1070 g/mol. The van der Waals surface area contributed by atoms with Crippen molar-refractivity contribution in [2.75, 3.05) is 0 Å². The molecule has 0 saturated carbocycles. The summed E-state index contributed by atoms with van der Waals surface area (Å²) in [5, 5.41) is 20.8. The molecule has 2 heterocycles. The Morgan fingerprint density at radius 3 is 1.44 bits per heavy atom. The maximum atomic E-state index is 16.0. The van der Waals surface area contributed by atoms with E-state index >= 15 is 9.13 Å². The first-order valence-corrected chi connectivity index (χ1v) is 30.9. The summed E-state index contributed by atoms with van der Waals surface area (Å²) >= 11 is 0. The largest absolute Gasteiger partial charge is 0.309 e.